The highest BCUT2D eigenvalue weighted by molar-refractivity contribution is 6.15. The van der Waals surface area contributed by atoms with E-state index < -0.39 is 0 Å². The SMILES string of the molecule is C=Cc1ccc2c(-c3ccccc3)nc3ccccc3c2c1/C=C\C. The molecule has 0 saturated carbocycles. The van der Waals surface area contributed by atoms with Crippen LogP contribution in [-0.2, 0) is 0 Å². The van der Waals surface area contributed by atoms with E-state index in [1.54, 1.807) is 0 Å². The molecular formula is C24H19N. The summed E-state index contributed by atoms with van der Waals surface area (Å²) in [5, 5.41) is 3.58. The molecule has 0 N–H and O–H groups in total. The Hall–Kier alpha value is -3.19. The van der Waals surface area contributed by atoms with Gasteiger partial charge in [-0.15, -0.1) is 0 Å². The first kappa shape index (κ1) is 15.3. The maximum Gasteiger partial charge on any atom is 0.0788 e. The lowest BCUT2D eigenvalue weighted by atomic mass is 9.93. The molecule has 0 bridgehead atoms. The van der Waals surface area contributed by atoms with Crippen LogP contribution < -0.4 is 0 Å². The highest BCUT2D eigenvalue weighted by Crippen LogP contribution is 2.36. The largest absolute Gasteiger partial charge is 0.247 e. The predicted molar refractivity (Wildman–Crippen MR) is 109 cm³/mol. The second-order valence-corrected chi connectivity index (χ2v) is 6.04. The number of nitrogens with zero attached hydrogens (tertiary/aromatic N) is 1. The van der Waals surface area contributed by atoms with Crippen molar-refractivity contribution in [2.24, 2.45) is 0 Å². The van der Waals surface area contributed by atoms with Crippen LogP contribution in [0.5, 0.6) is 0 Å². The minimum Gasteiger partial charge on any atom is -0.247 e. The van der Waals surface area contributed by atoms with Crippen molar-refractivity contribution in [3.63, 3.8) is 0 Å². The van der Waals surface area contributed by atoms with Gasteiger partial charge in [0.2, 0.25) is 0 Å². The number of hydrogen-bond donors (Lipinski definition) is 0. The fourth-order valence-corrected chi connectivity index (χ4v) is 3.43. The van der Waals surface area contributed by atoms with Crippen LogP contribution >= 0.6 is 0 Å². The number of pyridine rings is 1. The van der Waals surface area contributed by atoms with Crippen molar-refractivity contribution in [1.29, 1.82) is 0 Å². The van der Waals surface area contributed by atoms with E-state index in [9.17, 15) is 0 Å². The molecule has 1 heterocycles. The van der Waals surface area contributed by atoms with Crippen molar-refractivity contribution in [2.75, 3.05) is 0 Å². The van der Waals surface area contributed by atoms with Crippen molar-refractivity contribution in [3.8, 4) is 11.3 Å². The second-order valence-electron chi connectivity index (χ2n) is 6.04. The van der Waals surface area contributed by atoms with E-state index >= 15 is 0 Å². The average molecular weight is 321 g/mol. The Bertz CT molecular complexity index is 1110. The topological polar surface area (TPSA) is 12.9 Å². The minimum atomic E-state index is 1.01. The van der Waals surface area contributed by atoms with Gasteiger partial charge < -0.3 is 0 Å². The summed E-state index contributed by atoms with van der Waals surface area (Å²) in [6.45, 7) is 6.04. The number of aromatic nitrogens is 1. The van der Waals surface area contributed by atoms with Gasteiger partial charge in [-0.05, 0) is 24.1 Å². The Morgan fingerprint density at radius 2 is 1.60 bits per heavy atom. The second kappa shape index (κ2) is 6.37. The number of hydrogen-bond acceptors (Lipinski definition) is 1. The number of allylic oxidation sites excluding steroid dienone is 1. The van der Waals surface area contributed by atoms with E-state index in [2.05, 4.69) is 73.3 Å². The van der Waals surface area contributed by atoms with E-state index in [4.69, 9.17) is 4.98 Å². The van der Waals surface area contributed by atoms with E-state index in [0.29, 0.717) is 0 Å². The van der Waals surface area contributed by atoms with Crippen molar-refractivity contribution >= 4 is 33.8 Å². The van der Waals surface area contributed by atoms with Gasteiger partial charge in [-0.2, -0.15) is 0 Å². The fourth-order valence-electron chi connectivity index (χ4n) is 3.43. The molecule has 0 radical (unpaired) electrons. The lowest BCUT2D eigenvalue weighted by Crippen LogP contribution is -1.93. The van der Waals surface area contributed by atoms with Crippen molar-refractivity contribution in [2.45, 2.75) is 6.92 Å². The zero-order valence-electron chi connectivity index (χ0n) is 14.2. The maximum absolute atomic E-state index is 4.98. The number of para-hydroxylation sites is 1. The first-order valence-electron chi connectivity index (χ1n) is 8.49. The van der Waals surface area contributed by atoms with Crippen molar-refractivity contribution in [1.82, 2.24) is 4.98 Å². The zero-order chi connectivity index (χ0) is 17.2. The Balaban J connectivity index is 2.25. The molecule has 0 fully saturated rings. The summed E-state index contributed by atoms with van der Waals surface area (Å²) >= 11 is 0. The van der Waals surface area contributed by atoms with E-state index in [0.717, 1.165) is 22.3 Å². The Kier molecular flexibility index (Phi) is 3.91. The lowest BCUT2D eigenvalue weighted by molar-refractivity contribution is 1.42. The monoisotopic (exact) mass is 321 g/mol. The smallest absolute Gasteiger partial charge is 0.0788 e. The molecule has 4 rings (SSSR count). The molecule has 0 aliphatic carbocycles. The molecule has 0 unspecified atom stereocenters. The third-order valence-electron chi connectivity index (χ3n) is 4.54. The Morgan fingerprint density at radius 1 is 0.840 bits per heavy atom. The van der Waals surface area contributed by atoms with Gasteiger partial charge in [-0.3, -0.25) is 0 Å². The average Bonchev–Trinajstić information content (AvgIpc) is 2.68. The molecule has 0 aliphatic rings. The van der Waals surface area contributed by atoms with Gasteiger partial charge in [0.1, 0.15) is 0 Å². The molecule has 0 amide bonds. The van der Waals surface area contributed by atoms with Gasteiger partial charge in [-0.25, -0.2) is 4.98 Å². The summed E-state index contributed by atoms with van der Waals surface area (Å²) in [5.74, 6) is 0. The first-order valence-corrected chi connectivity index (χ1v) is 8.49. The van der Waals surface area contributed by atoms with Crippen LogP contribution in [0.1, 0.15) is 18.1 Å². The van der Waals surface area contributed by atoms with Crippen LogP contribution in [-0.4, -0.2) is 4.98 Å². The van der Waals surface area contributed by atoms with Crippen LogP contribution in [0.2, 0.25) is 0 Å². The third-order valence-corrected chi connectivity index (χ3v) is 4.54. The Morgan fingerprint density at radius 3 is 2.36 bits per heavy atom. The normalized spacial score (nSPS) is 11.4. The number of rotatable bonds is 3. The molecule has 1 aromatic heterocycles. The molecule has 0 saturated heterocycles. The minimum absolute atomic E-state index is 1.01. The van der Waals surface area contributed by atoms with Crippen LogP contribution in [0.3, 0.4) is 0 Å². The molecule has 1 nitrogen and oxygen atoms in total. The molecule has 3 aromatic carbocycles. The molecule has 1 heteroatoms. The summed E-state index contributed by atoms with van der Waals surface area (Å²) in [6.07, 6.45) is 6.17. The van der Waals surface area contributed by atoms with Gasteiger partial charge >= 0.3 is 0 Å². The molecule has 25 heavy (non-hydrogen) atoms. The number of fused-ring (bicyclic) bond motifs is 3. The molecule has 120 valence electrons. The van der Waals surface area contributed by atoms with E-state index in [-0.39, 0.29) is 0 Å². The maximum atomic E-state index is 4.98. The summed E-state index contributed by atoms with van der Waals surface area (Å²) in [5.41, 5.74) is 5.51. The van der Waals surface area contributed by atoms with Gasteiger partial charge in [-0.1, -0.05) is 85.5 Å². The van der Waals surface area contributed by atoms with Crippen LogP contribution in [0.15, 0.2) is 79.4 Å². The van der Waals surface area contributed by atoms with Crippen LogP contribution in [0.25, 0.3) is 45.1 Å². The highest BCUT2D eigenvalue weighted by Gasteiger charge is 2.13. The quantitative estimate of drug-likeness (QED) is 0.381. The lowest BCUT2D eigenvalue weighted by Gasteiger charge is -2.14. The van der Waals surface area contributed by atoms with Crippen LogP contribution in [0.4, 0.5) is 0 Å². The fraction of sp³-hybridized carbons (Fsp3) is 0.0417. The summed E-state index contributed by atoms with van der Waals surface area (Å²) in [6, 6.07) is 23.0. The summed E-state index contributed by atoms with van der Waals surface area (Å²) in [4.78, 5) is 4.98. The van der Waals surface area contributed by atoms with Gasteiger partial charge in [0.25, 0.3) is 0 Å². The first-order chi connectivity index (χ1) is 12.3. The van der Waals surface area contributed by atoms with E-state index in [1.165, 1.54) is 21.7 Å². The van der Waals surface area contributed by atoms with Gasteiger partial charge in [0, 0.05) is 21.7 Å². The van der Waals surface area contributed by atoms with Gasteiger partial charge in [0.05, 0.1) is 11.2 Å². The van der Waals surface area contributed by atoms with Crippen molar-refractivity contribution in [3.05, 3.63) is 90.5 Å². The molecule has 0 aliphatic heterocycles. The molecule has 0 atom stereocenters. The highest BCUT2D eigenvalue weighted by atomic mass is 14.7. The van der Waals surface area contributed by atoms with Crippen molar-refractivity contribution < 1.29 is 0 Å². The zero-order valence-corrected chi connectivity index (χ0v) is 14.2. The predicted octanol–water partition coefficient (Wildman–Crippen LogP) is 6.73. The summed E-state index contributed by atoms with van der Waals surface area (Å²) in [7, 11) is 0. The van der Waals surface area contributed by atoms with Gasteiger partial charge in [0.15, 0.2) is 0 Å². The molecular weight excluding hydrogens is 302 g/mol. The third kappa shape index (κ3) is 2.54. The number of benzene rings is 3. The van der Waals surface area contributed by atoms with Crippen LogP contribution in [0, 0.1) is 0 Å². The Labute approximate surface area is 148 Å². The summed E-state index contributed by atoms with van der Waals surface area (Å²) < 4.78 is 0. The molecule has 4 aromatic rings. The van der Waals surface area contributed by atoms with E-state index in [1.807, 2.05) is 25.1 Å². The standard InChI is InChI=1S/C24H19N/c1-3-10-19-17(4-2)15-16-21-23(19)20-13-8-9-14-22(20)25-24(21)18-11-6-5-7-12-18/h3-16H,2H2,1H3/b10-3-. The molecule has 0 spiro atoms.